The SMILES string of the molecule is CCn1cc(C(=O)C(C)CC(C)=O)cn1. The fourth-order valence-corrected chi connectivity index (χ4v) is 1.47. The molecule has 0 saturated carbocycles. The number of hydrogen-bond donors (Lipinski definition) is 0. The van der Waals surface area contributed by atoms with E-state index in [4.69, 9.17) is 0 Å². The molecule has 1 aromatic heterocycles. The smallest absolute Gasteiger partial charge is 0.169 e. The number of aromatic nitrogens is 2. The molecule has 0 aliphatic rings. The van der Waals surface area contributed by atoms with Crippen LogP contribution in [-0.4, -0.2) is 21.3 Å². The molecule has 1 unspecified atom stereocenters. The quantitative estimate of drug-likeness (QED) is 0.692. The van der Waals surface area contributed by atoms with Crippen molar-refractivity contribution in [1.82, 2.24) is 9.78 Å². The molecule has 82 valence electrons. The number of nitrogens with zero attached hydrogens (tertiary/aromatic N) is 2. The molecule has 0 bridgehead atoms. The van der Waals surface area contributed by atoms with Crippen molar-refractivity contribution < 1.29 is 9.59 Å². The van der Waals surface area contributed by atoms with E-state index >= 15 is 0 Å². The molecule has 0 aromatic carbocycles. The van der Waals surface area contributed by atoms with Gasteiger partial charge in [0.1, 0.15) is 5.78 Å². The van der Waals surface area contributed by atoms with Gasteiger partial charge < -0.3 is 4.79 Å². The lowest BCUT2D eigenvalue weighted by Crippen LogP contribution is -2.13. The third-order valence-corrected chi connectivity index (χ3v) is 2.28. The largest absolute Gasteiger partial charge is 0.300 e. The molecule has 15 heavy (non-hydrogen) atoms. The molecule has 0 aliphatic heterocycles. The average Bonchev–Trinajstić information content (AvgIpc) is 2.63. The number of carbonyl (C=O) groups is 2. The van der Waals surface area contributed by atoms with Gasteiger partial charge in [0.05, 0.1) is 11.8 Å². The maximum atomic E-state index is 11.8. The van der Waals surface area contributed by atoms with Crippen LogP contribution < -0.4 is 0 Å². The van der Waals surface area contributed by atoms with Crippen molar-refractivity contribution in [3.05, 3.63) is 18.0 Å². The van der Waals surface area contributed by atoms with Crippen molar-refractivity contribution >= 4 is 11.6 Å². The van der Waals surface area contributed by atoms with E-state index in [1.54, 1.807) is 24.0 Å². The minimum absolute atomic E-state index is 0.00935. The van der Waals surface area contributed by atoms with Crippen LogP contribution in [0.3, 0.4) is 0 Å². The van der Waals surface area contributed by atoms with Gasteiger partial charge in [0.15, 0.2) is 5.78 Å². The van der Waals surface area contributed by atoms with Gasteiger partial charge in [0, 0.05) is 25.1 Å². The van der Waals surface area contributed by atoms with Crippen molar-refractivity contribution in [3.63, 3.8) is 0 Å². The monoisotopic (exact) mass is 208 g/mol. The van der Waals surface area contributed by atoms with Crippen LogP contribution in [0.4, 0.5) is 0 Å². The third-order valence-electron chi connectivity index (χ3n) is 2.28. The Morgan fingerprint density at radius 2 is 2.20 bits per heavy atom. The van der Waals surface area contributed by atoms with E-state index in [0.717, 1.165) is 6.54 Å². The van der Waals surface area contributed by atoms with Gasteiger partial charge in [-0.05, 0) is 13.8 Å². The van der Waals surface area contributed by atoms with Crippen LogP contribution in [0, 0.1) is 5.92 Å². The number of aryl methyl sites for hydroxylation is 1. The Bertz CT molecular complexity index is 368. The van der Waals surface area contributed by atoms with E-state index in [9.17, 15) is 9.59 Å². The Morgan fingerprint density at radius 3 is 2.67 bits per heavy atom. The highest BCUT2D eigenvalue weighted by atomic mass is 16.1. The van der Waals surface area contributed by atoms with Gasteiger partial charge in [-0.3, -0.25) is 9.48 Å². The van der Waals surface area contributed by atoms with Crippen LogP contribution >= 0.6 is 0 Å². The van der Waals surface area contributed by atoms with Gasteiger partial charge in [-0.15, -0.1) is 0 Å². The fraction of sp³-hybridized carbons (Fsp3) is 0.545. The molecular weight excluding hydrogens is 192 g/mol. The molecule has 0 spiro atoms. The van der Waals surface area contributed by atoms with Crippen LogP contribution in [-0.2, 0) is 11.3 Å². The predicted molar refractivity (Wildman–Crippen MR) is 56.7 cm³/mol. The van der Waals surface area contributed by atoms with Crippen molar-refractivity contribution in [2.24, 2.45) is 5.92 Å². The minimum atomic E-state index is -0.253. The van der Waals surface area contributed by atoms with Crippen LogP contribution in [0.25, 0.3) is 0 Å². The second-order valence-electron chi connectivity index (χ2n) is 3.76. The van der Waals surface area contributed by atoms with Crippen molar-refractivity contribution in [1.29, 1.82) is 0 Å². The molecular formula is C11H16N2O2. The Morgan fingerprint density at radius 1 is 1.53 bits per heavy atom. The van der Waals surface area contributed by atoms with E-state index < -0.39 is 0 Å². The first-order valence-electron chi connectivity index (χ1n) is 5.10. The first-order chi connectivity index (χ1) is 7.04. The molecule has 1 rings (SSSR count). The summed E-state index contributed by atoms with van der Waals surface area (Å²) in [6.07, 6.45) is 3.58. The van der Waals surface area contributed by atoms with Gasteiger partial charge >= 0.3 is 0 Å². The molecule has 0 radical (unpaired) electrons. The van der Waals surface area contributed by atoms with Gasteiger partial charge in [-0.1, -0.05) is 6.92 Å². The van der Waals surface area contributed by atoms with E-state index in [0.29, 0.717) is 12.0 Å². The topological polar surface area (TPSA) is 52.0 Å². The first-order valence-corrected chi connectivity index (χ1v) is 5.10. The summed E-state index contributed by atoms with van der Waals surface area (Å²) in [4.78, 5) is 22.7. The van der Waals surface area contributed by atoms with Gasteiger partial charge in [0.25, 0.3) is 0 Å². The molecule has 4 nitrogen and oxygen atoms in total. The lowest BCUT2D eigenvalue weighted by atomic mass is 9.97. The van der Waals surface area contributed by atoms with Gasteiger partial charge in [-0.25, -0.2) is 0 Å². The minimum Gasteiger partial charge on any atom is -0.300 e. The molecule has 1 atom stereocenters. The summed E-state index contributed by atoms with van der Waals surface area (Å²) in [5, 5.41) is 4.03. The zero-order valence-corrected chi connectivity index (χ0v) is 9.36. The highest BCUT2D eigenvalue weighted by Crippen LogP contribution is 2.11. The van der Waals surface area contributed by atoms with E-state index in [-0.39, 0.29) is 17.5 Å². The summed E-state index contributed by atoms with van der Waals surface area (Å²) < 4.78 is 1.70. The maximum Gasteiger partial charge on any atom is 0.169 e. The number of hydrogen-bond acceptors (Lipinski definition) is 3. The number of ketones is 2. The van der Waals surface area contributed by atoms with Crippen molar-refractivity contribution in [2.45, 2.75) is 33.7 Å². The predicted octanol–water partition coefficient (Wildman–Crippen LogP) is 1.70. The number of rotatable bonds is 5. The van der Waals surface area contributed by atoms with Gasteiger partial charge in [0.2, 0.25) is 0 Å². The van der Waals surface area contributed by atoms with Crippen LogP contribution in [0.15, 0.2) is 12.4 Å². The molecule has 0 N–H and O–H groups in total. The highest BCUT2D eigenvalue weighted by molar-refractivity contribution is 5.99. The summed E-state index contributed by atoms with van der Waals surface area (Å²) in [5.41, 5.74) is 0.589. The molecule has 0 amide bonds. The number of Topliss-reactive ketones (excluding diaryl/α,β-unsaturated/α-hetero) is 2. The molecule has 0 fully saturated rings. The van der Waals surface area contributed by atoms with Crippen LogP contribution in [0.2, 0.25) is 0 Å². The van der Waals surface area contributed by atoms with Crippen molar-refractivity contribution in [3.8, 4) is 0 Å². The molecule has 1 aromatic rings. The normalized spacial score (nSPS) is 12.5. The summed E-state index contributed by atoms with van der Waals surface area (Å²) in [6.45, 7) is 5.97. The summed E-state index contributed by atoms with van der Waals surface area (Å²) in [7, 11) is 0. The summed E-state index contributed by atoms with van der Waals surface area (Å²) in [6, 6.07) is 0. The molecule has 4 heteroatoms. The van der Waals surface area contributed by atoms with Crippen LogP contribution in [0.5, 0.6) is 0 Å². The average molecular weight is 208 g/mol. The Balaban J connectivity index is 2.71. The summed E-state index contributed by atoms with van der Waals surface area (Å²) in [5.74, 6) is -0.222. The van der Waals surface area contributed by atoms with E-state index in [2.05, 4.69) is 5.10 Å². The molecule has 0 aliphatic carbocycles. The maximum absolute atomic E-state index is 11.8. The third kappa shape index (κ3) is 3.01. The molecule has 1 heterocycles. The van der Waals surface area contributed by atoms with E-state index in [1.165, 1.54) is 6.92 Å². The van der Waals surface area contributed by atoms with Crippen molar-refractivity contribution in [2.75, 3.05) is 0 Å². The summed E-state index contributed by atoms with van der Waals surface area (Å²) >= 11 is 0. The Labute approximate surface area is 89.3 Å². The lowest BCUT2D eigenvalue weighted by Gasteiger charge is -2.05. The number of carbonyl (C=O) groups excluding carboxylic acids is 2. The van der Waals surface area contributed by atoms with Gasteiger partial charge in [-0.2, -0.15) is 5.10 Å². The highest BCUT2D eigenvalue weighted by Gasteiger charge is 2.18. The standard InChI is InChI=1S/C11H16N2O2/c1-4-13-7-10(6-12-13)11(15)8(2)5-9(3)14/h6-8H,4-5H2,1-3H3. The fourth-order valence-electron chi connectivity index (χ4n) is 1.47. The van der Waals surface area contributed by atoms with E-state index in [1.807, 2.05) is 6.92 Å². The zero-order chi connectivity index (χ0) is 11.4. The zero-order valence-electron chi connectivity index (χ0n) is 9.36. The first kappa shape index (κ1) is 11.6. The van der Waals surface area contributed by atoms with Crippen LogP contribution in [0.1, 0.15) is 37.6 Å². The second kappa shape index (κ2) is 4.87. The second-order valence-corrected chi connectivity index (χ2v) is 3.76. The Hall–Kier alpha value is -1.45. The molecule has 0 saturated heterocycles. The lowest BCUT2D eigenvalue weighted by molar-refractivity contribution is -0.117. The Kier molecular flexibility index (Phi) is 3.77.